The maximum Gasteiger partial charge on any atom is 0.151 e. The third-order valence-electron chi connectivity index (χ3n) is 2.52. The summed E-state index contributed by atoms with van der Waals surface area (Å²) < 4.78 is 4.63. The van der Waals surface area contributed by atoms with Crippen LogP contribution in [0.1, 0.15) is 0 Å². The van der Waals surface area contributed by atoms with Gasteiger partial charge in [0.05, 0.1) is 10.2 Å². The lowest BCUT2D eigenvalue weighted by Crippen LogP contribution is -1.95. The van der Waals surface area contributed by atoms with Crippen molar-refractivity contribution in [1.29, 1.82) is 0 Å². The summed E-state index contributed by atoms with van der Waals surface area (Å²) in [5.74, 6) is 1.06. The number of aryl methyl sites for hydroxylation is 1. The SMILES string of the molecule is c1ccc2sc(SCCn3cccc3)nc2c1. The first-order valence-electron chi connectivity index (χ1n) is 5.51. The lowest BCUT2D eigenvalue weighted by atomic mass is 10.3. The van der Waals surface area contributed by atoms with Gasteiger partial charge < -0.3 is 4.57 Å². The number of nitrogens with zero attached hydrogens (tertiary/aromatic N) is 2. The molecule has 0 radical (unpaired) electrons. The first-order valence-corrected chi connectivity index (χ1v) is 7.31. The van der Waals surface area contributed by atoms with Crippen LogP contribution in [0.15, 0.2) is 53.1 Å². The highest BCUT2D eigenvalue weighted by Crippen LogP contribution is 2.29. The molecule has 0 bridgehead atoms. The summed E-state index contributed by atoms with van der Waals surface area (Å²) in [6, 6.07) is 12.4. The number of fused-ring (bicyclic) bond motifs is 1. The van der Waals surface area contributed by atoms with Crippen LogP contribution in [0, 0.1) is 0 Å². The van der Waals surface area contributed by atoms with Crippen LogP contribution in [-0.2, 0) is 6.54 Å². The minimum absolute atomic E-state index is 1.04. The molecule has 0 spiro atoms. The van der Waals surface area contributed by atoms with E-state index in [1.807, 2.05) is 17.8 Å². The van der Waals surface area contributed by atoms with Gasteiger partial charge in [0.25, 0.3) is 0 Å². The Hall–Kier alpha value is -1.26. The molecule has 17 heavy (non-hydrogen) atoms. The average Bonchev–Trinajstić information content (AvgIpc) is 2.96. The van der Waals surface area contributed by atoms with Crippen LogP contribution < -0.4 is 0 Å². The quantitative estimate of drug-likeness (QED) is 0.662. The predicted octanol–water partition coefficient (Wildman–Crippen LogP) is 3.89. The molecule has 86 valence electrons. The van der Waals surface area contributed by atoms with Crippen molar-refractivity contribution in [2.45, 2.75) is 10.9 Å². The van der Waals surface area contributed by atoms with E-state index in [1.54, 1.807) is 11.3 Å². The van der Waals surface area contributed by atoms with Crippen LogP contribution in [0.3, 0.4) is 0 Å². The maximum absolute atomic E-state index is 4.60. The number of benzene rings is 1. The second kappa shape index (κ2) is 4.94. The van der Waals surface area contributed by atoms with Gasteiger partial charge in [-0.3, -0.25) is 0 Å². The molecular weight excluding hydrogens is 248 g/mol. The summed E-state index contributed by atoms with van der Waals surface area (Å²) in [6.07, 6.45) is 4.19. The second-order valence-corrected chi connectivity index (χ2v) is 6.09. The lowest BCUT2D eigenvalue weighted by Gasteiger charge is -1.99. The minimum Gasteiger partial charge on any atom is -0.353 e. The molecule has 0 aliphatic rings. The van der Waals surface area contributed by atoms with Crippen LogP contribution >= 0.6 is 23.1 Å². The zero-order valence-corrected chi connectivity index (χ0v) is 10.9. The molecule has 2 heterocycles. The minimum atomic E-state index is 1.04. The van der Waals surface area contributed by atoms with E-state index in [4.69, 9.17) is 0 Å². The van der Waals surface area contributed by atoms with E-state index in [1.165, 1.54) is 9.04 Å². The van der Waals surface area contributed by atoms with Crippen LogP contribution in [-0.4, -0.2) is 15.3 Å². The van der Waals surface area contributed by atoms with Gasteiger partial charge in [-0.25, -0.2) is 4.98 Å². The van der Waals surface area contributed by atoms with Gasteiger partial charge >= 0.3 is 0 Å². The molecule has 0 unspecified atom stereocenters. The summed E-state index contributed by atoms with van der Waals surface area (Å²) in [4.78, 5) is 4.60. The standard InChI is InChI=1S/C13H12N2S2/c1-2-6-12-11(5-1)14-13(17-12)16-10-9-15-7-3-4-8-15/h1-8H,9-10H2. The van der Waals surface area contributed by atoms with Gasteiger partial charge in [0.15, 0.2) is 4.34 Å². The van der Waals surface area contributed by atoms with Gasteiger partial charge in [0.1, 0.15) is 0 Å². The van der Waals surface area contributed by atoms with Crippen molar-refractivity contribution < 1.29 is 0 Å². The molecule has 2 nitrogen and oxygen atoms in total. The number of para-hydroxylation sites is 1. The van der Waals surface area contributed by atoms with Crippen LogP contribution in [0.5, 0.6) is 0 Å². The number of aromatic nitrogens is 2. The second-order valence-electron chi connectivity index (χ2n) is 3.72. The molecule has 0 atom stereocenters. The van der Waals surface area contributed by atoms with Crippen LogP contribution in [0.2, 0.25) is 0 Å². The maximum atomic E-state index is 4.60. The van der Waals surface area contributed by atoms with Gasteiger partial charge in [-0.05, 0) is 24.3 Å². The zero-order chi connectivity index (χ0) is 11.5. The van der Waals surface area contributed by atoms with Crippen molar-refractivity contribution in [1.82, 2.24) is 9.55 Å². The van der Waals surface area contributed by atoms with Gasteiger partial charge in [-0.2, -0.15) is 0 Å². The van der Waals surface area contributed by atoms with Gasteiger partial charge in [0.2, 0.25) is 0 Å². The van der Waals surface area contributed by atoms with E-state index < -0.39 is 0 Å². The molecule has 0 aliphatic heterocycles. The highest BCUT2D eigenvalue weighted by Gasteiger charge is 2.03. The summed E-state index contributed by atoms with van der Waals surface area (Å²) in [6.45, 7) is 1.04. The highest BCUT2D eigenvalue weighted by molar-refractivity contribution is 8.01. The average molecular weight is 260 g/mol. The Morgan fingerprint density at radius 1 is 1.12 bits per heavy atom. The molecule has 1 aromatic carbocycles. The highest BCUT2D eigenvalue weighted by atomic mass is 32.2. The largest absolute Gasteiger partial charge is 0.353 e. The van der Waals surface area contributed by atoms with E-state index >= 15 is 0 Å². The normalized spacial score (nSPS) is 11.1. The number of hydrogen-bond acceptors (Lipinski definition) is 3. The van der Waals surface area contributed by atoms with Crippen LogP contribution in [0.25, 0.3) is 10.2 Å². The van der Waals surface area contributed by atoms with E-state index in [9.17, 15) is 0 Å². The van der Waals surface area contributed by atoms with Crippen molar-refractivity contribution >= 4 is 33.3 Å². The Balaban J connectivity index is 1.65. The summed E-state index contributed by atoms with van der Waals surface area (Å²) in [5, 5.41) is 0. The third kappa shape index (κ3) is 2.53. The molecule has 0 aliphatic carbocycles. The summed E-state index contributed by atoms with van der Waals surface area (Å²) in [7, 11) is 0. The van der Waals surface area contributed by atoms with E-state index in [0.717, 1.165) is 17.8 Å². The Kier molecular flexibility index (Phi) is 3.16. The molecular formula is C13H12N2S2. The Bertz CT molecular complexity index is 566. The molecule has 3 aromatic rings. The third-order valence-corrected chi connectivity index (χ3v) is 4.68. The fourth-order valence-electron chi connectivity index (χ4n) is 1.67. The number of thiazole rings is 1. The molecule has 3 rings (SSSR count). The smallest absolute Gasteiger partial charge is 0.151 e. The topological polar surface area (TPSA) is 17.8 Å². The van der Waals surface area contributed by atoms with Crippen molar-refractivity contribution in [3.63, 3.8) is 0 Å². The lowest BCUT2D eigenvalue weighted by molar-refractivity contribution is 0.778. The van der Waals surface area contributed by atoms with Gasteiger partial charge in [-0.15, -0.1) is 11.3 Å². The van der Waals surface area contributed by atoms with Gasteiger partial charge in [-0.1, -0.05) is 23.9 Å². The summed E-state index contributed by atoms with van der Waals surface area (Å²) in [5.41, 5.74) is 1.11. The van der Waals surface area contributed by atoms with E-state index in [-0.39, 0.29) is 0 Å². The Morgan fingerprint density at radius 3 is 2.76 bits per heavy atom. The first kappa shape index (κ1) is 10.9. The van der Waals surface area contributed by atoms with Crippen LogP contribution in [0.4, 0.5) is 0 Å². The van der Waals surface area contributed by atoms with Gasteiger partial charge in [0, 0.05) is 24.7 Å². The molecule has 0 N–H and O–H groups in total. The molecule has 2 aromatic heterocycles. The molecule has 0 saturated heterocycles. The van der Waals surface area contributed by atoms with Crippen molar-refractivity contribution in [3.05, 3.63) is 48.8 Å². The van der Waals surface area contributed by atoms with Crippen molar-refractivity contribution in [2.24, 2.45) is 0 Å². The molecule has 4 heteroatoms. The molecule has 0 fully saturated rings. The van der Waals surface area contributed by atoms with E-state index in [0.29, 0.717) is 0 Å². The first-order chi connectivity index (χ1) is 8.42. The van der Waals surface area contributed by atoms with Crippen molar-refractivity contribution in [3.8, 4) is 0 Å². The molecule has 0 saturated carbocycles. The predicted molar refractivity (Wildman–Crippen MR) is 74.8 cm³/mol. The molecule has 0 amide bonds. The number of thioether (sulfide) groups is 1. The number of rotatable bonds is 4. The fourth-order valence-corrected chi connectivity index (χ4v) is 3.76. The zero-order valence-electron chi connectivity index (χ0n) is 9.24. The summed E-state index contributed by atoms with van der Waals surface area (Å²) >= 11 is 3.61. The monoisotopic (exact) mass is 260 g/mol. The fraction of sp³-hybridized carbons (Fsp3) is 0.154. The van der Waals surface area contributed by atoms with Crippen molar-refractivity contribution in [2.75, 3.05) is 5.75 Å². The Morgan fingerprint density at radius 2 is 1.94 bits per heavy atom. The van der Waals surface area contributed by atoms with E-state index in [2.05, 4.69) is 52.3 Å². The Labute approximate surface area is 108 Å². The number of hydrogen-bond donors (Lipinski definition) is 0.